The Bertz CT molecular complexity index is 957. The lowest BCUT2D eigenvalue weighted by Gasteiger charge is -2.22. The third-order valence-electron chi connectivity index (χ3n) is 4.80. The summed E-state index contributed by atoms with van der Waals surface area (Å²) >= 11 is 0. The van der Waals surface area contributed by atoms with Gasteiger partial charge in [0.2, 0.25) is 0 Å². The van der Waals surface area contributed by atoms with E-state index in [2.05, 4.69) is 4.72 Å². The molecule has 1 fully saturated rings. The molecule has 3 rings (SSSR count). The standard InChI is InChI=1S/C19H23NO4S2/c1-25(21,22)18-13-9-17(10-14-18)20-26(23,24)19-11-7-16(8-12-19)15-5-3-2-4-6-15/h7-15,20H,2-6H2,1H3. The lowest BCUT2D eigenvalue weighted by Crippen LogP contribution is -2.13. The minimum atomic E-state index is -3.71. The zero-order chi connectivity index (χ0) is 18.8. The van der Waals surface area contributed by atoms with E-state index in [-0.39, 0.29) is 9.79 Å². The van der Waals surface area contributed by atoms with E-state index in [4.69, 9.17) is 0 Å². The third-order valence-corrected chi connectivity index (χ3v) is 7.33. The third kappa shape index (κ3) is 4.45. The minimum Gasteiger partial charge on any atom is -0.280 e. The van der Waals surface area contributed by atoms with Crippen molar-refractivity contribution in [3.63, 3.8) is 0 Å². The molecular formula is C19H23NO4S2. The maximum Gasteiger partial charge on any atom is 0.261 e. The summed E-state index contributed by atoms with van der Waals surface area (Å²) < 4.78 is 50.5. The van der Waals surface area contributed by atoms with Gasteiger partial charge in [-0.2, -0.15) is 0 Å². The minimum absolute atomic E-state index is 0.150. The number of hydrogen-bond acceptors (Lipinski definition) is 4. The summed E-state index contributed by atoms with van der Waals surface area (Å²) in [5, 5.41) is 0. The number of benzene rings is 2. The molecule has 0 aromatic heterocycles. The van der Waals surface area contributed by atoms with Crippen molar-refractivity contribution in [2.45, 2.75) is 47.8 Å². The van der Waals surface area contributed by atoms with Crippen LogP contribution in [-0.4, -0.2) is 23.1 Å². The monoisotopic (exact) mass is 393 g/mol. The molecule has 140 valence electrons. The fourth-order valence-corrected chi connectivity index (χ4v) is 5.03. The molecule has 0 spiro atoms. The highest BCUT2D eigenvalue weighted by molar-refractivity contribution is 7.92. The van der Waals surface area contributed by atoms with Crippen molar-refractivity contribution in [3.8, 4) is 0 Å². The Labute approximate surface area is 155 Å². The molecule has 1 N–H and O–H groups in total. The van der Waals surface area contributed by atoms with Crippen molar-refractivity contribution < 1.29 is 16.8 Å². The normalized spacial score (nSPS) is 16.3. The molecular weight excluding hydrogens is 370 g/mol. The van der Waals surface area contributed by atoms with Crippen LogP contribution in [0.5, 0.6) is 0 Å². The number of nitrogens with one attached hydrogen (secondary N) is 1. The number of anilines is 1. The molecule has 0 unspecified atom stereocenters. The number of rotatable bonds is 5. The SMILES string of the molecule is CS(=O)(=O)c1ccc(NS(=O)(=O)c2ccc(C3CCCCC3)cc2)cc1. The maximum absolute atomic E-state index is 12.5. The summed E-state index contributed by atoms with van der Waals surface area (Å²) in [6, 6.07) is 12.7. The van der Waals surface area contributed by atoms with Crippen LogP contribution < -0.4 is 4.72 Å². The molecule has 7 heteroatoms. The summed E-state index contributed by atoms with van der Waals surface area (Å²) in [4.78, 5) is 0.349. The predicted molar refractivity (Wildman–Crippen MR) is 103 cm³/mol. The van der Waals surface area contributed by atoms with Crippen LogP contribution >= 0.6 is 0 Å². The van der Waals surface area contributed by atoms with Crippen molar-refractivity contribution in [1.82, 2.24) is 0 Å². The van der Waals surface area contributed by atoms with E-state index in [1.54, 1.807) is 12.1 Å². The molecule has 0 atom stereocenters. The van der Waals surface area contributed by atoms with Gasteiger partial charge >= 0.3 is 0 Å². The van der Waals surface area contributed by atoms with Crippen LogP contribution in [0.3, 0.4) is 0 Å². The first-order valence-corrected chi connectivity index (χ1v) is 12.1. The van der Waals surface area contributed by atoms with Gasteiger partial charge in [0.1, 0.15) is 0 Å². The van der Waals surface area contributed by atoms with E-state index in [0.29, 0.717) is 11.6 Å². The highest BCUT2D eigenvalue weighted by atomic mass is 32.2. The predicted octanol–water partition coefficient (Wildman–Crippen LogP) is 3.94. The van der Waals surface area contributed by atoms with E-state index in [1.807, 2.05) is 12.1 Å². The Balaban J connectivity index is 1.75. The first-order valence-electron chi connectivity index (χ1n) is 8.69. The number of sulfone groups is 1. The molecule has 0 aliphatic heterocycles. The van der Waals surface area contributed by atoms with Gasteiger partial charge < -0.3 is 0 Å². The van der Waals surface area contributed by atoms with Crippen molar-refractivity contribution >= 4 is 25.5 Å². The average Bonchev–Trinajstić information content (AvgIpc) is 2.62. The van der Waals surface area contributed by atoms with Crippen LogP contribution in [0.1, 0.15) is 43.6 Å². The van der Waals surface area contributed by atoms with Gasteiger partial charge in [-0.25, -0.2) is 16.8 Å². The summed E-state index contributed by atoms with van der Waals surface area (Å²) in [5.74, 6) is 0.525. The van der Waals surface area contributed by atoms with Crippen LogP contribution in [0, 0.1) is 0 Å². The van der Waals surface area contributed by atoms with E-state index < -0.39 is 19.9 Å². The molecule has 0 bridgehead atoms. The molecule has 0 heterocycles. The fourth-order valence-electron chi connectivity index (χ4n) is 3.34. The van der Waals surface area contributed by atoms with Gasteiger partial charge in [-0.3, -0.25) is 4.72 Å². The van der Waals surface area contributed by atoms with E-state index in [1.165, 1.54) is 49.1 Å². The van der Waals surface area contributed by atoms with E-state index in [0.717, 1.165) is 19.1 Å². The van der Waals surface area contributed by atoms with Crippen molar-refractivity contribution in [3.05, 3.63) is 54.1 Å². The zero-order valence-electron chi connectivity index (χ0n) is 14.7. The van der Waals surface area contributed by atoms with Gasteiger partial charge in [0.05, 0.1) is 9.79 Å². The Kier molecular flexibility index (Phi) is 5.39. The quantitative estimate of drug-likeness (QED) is 0.834. The largest absolute Gasteiger partial charge is 0.280 e. The smallest absolute Gasteiger partial charge is 0.261 e. The molecule has 0 radical (unpaired) electrons. The second kappa shape index (κ2) is 7.40. The van der Waals surface area contributed by atoms with Gasteiger partial charge in [-0.05, 0) is 60.7 Å². The van der Waals surface area contributed by atoms with Crippen LogP contribution in [0.15, 0.2) is 58.3 Å². The molecule has 1 aliphatic carbocycles. The Hall–Kier alpha value is -1.86. The molecule has 0 amide bonds. The van der Waals surface area contributed by atoms with Crippen LogP contribution in [0.25, 0.3) is 0 Å². The molecule has 0 saturated heterocycles. The second-order valence-electron chi connectivity index (χ2n) is 6.81. The highest BCUT2D eigenvalue weighted by Crippen LogP contribution is 2.33. The van der Waals surface area contributed by atoms with Crippen LogP contribution in [-0.2, 0) is 19.9 Å². The van der Waals surface area contributed by atoms with E-state index >= 15 is 0 Å². The fraction of sp³-hybridized carbons (Fsp3) is 0.368. The highest BCUT2D eigenvalue weighted by Gasteiger charge is 2.18. The first kappa shape index (κ1) is 18.9. The Morgan fingerprint density at radius 1 is 0.769 bits per heavy atom. The molecule has 1 aliphatic rings. The molecule has 26 heavy (non-hydrogen) atoms. The first-order chi connectivity index (χ1) is 12.3. The van der Waals surface area contributed by atoms with E-state index in [9.17, 15) is 16.8 Å². The number of sulfonamides is 1. The second-order valence-corrected chi connectivity index (χ2v) is 10.5. The molecule has 5 nitrogen and oxygen atoms in total. The summed E-state index contributed by atoms with van der Waals surface area (Å²) in [7, 11) is -7.02. The van der Waals surface area contributed by atoms with Crippen molar-refractivity contribution in [2.24, 2.45) is 0 Å². The lowest BCUT2D eigenvalue weighted by molar-refractivity contribution is 0.443. The zero-order valence-corrected chi connectivity index (χ0v) is 16.3. The van der Waals surface area contributed by atoms with Crippen LogP contribution in [0.4, 0.5) is 5.69 Å². The van der Waals surface area contributed by atoms with Crippen LogP contribution in [0.2, 0.25) is 0 Å². The average molecular weight is 394 g/mol. The van der Waals surface area contributed by atoms with Gasteiger partial charge in [0.15, 0.2) is 9.84 Å². The van der Waals surface area contributed by atoms with Gasteiger partial charge in [-0.1, -0.05) is 31.4 Å². The topological polar surface area (TPSA) is 80.3 Å². The summed E-state index contributed by atoms with van der Waals surface area (Å²) in [6.45, 7) is 0. The Morgan fingerprint density at radius 2 is 1.31 bits per heavy atom. The van der Waals surface area contributed by atoms with Gasteiger partial charge in [0.25, 0.3) is 10.0 Å². The summed E-state index contributed by atoms with van der Waals surface area (Å²) in [6.07, 6.45) is 7.19. The van der Waals surface area contributed by atoms with Crippen molar-refractivity contribution in [2.75, 3.05) is 11.0 Å². The molecule has 2 aromatic carbocycles. The molecule has 2 aromatic rings. The van der Waals surface area contributed by atoms with Crippen molar-refractivity contribution in [1.29, 1.82) is 0 Å². The van der Waals surface area contributed by atoms with Gasteiger partial charge in [0, 0.05) is 11.9 Å². The molecule has 1 saturated carbocycles. The maximum atomic E-state index is 12.5. The summed E-state index contributed by atoms with van der Waals surface area (Å²) in [5.41, 5.74) is 1.52. The van der Waals surface area contributed by atoms with Gasteiger partial charge in [-0.15, -0.1) is 0 Å². The Morgan fingerprint density at radius 3 is 1.85 bits per heavy atom. The number of hydrogen-bond donors (Lipinski definition) is 1. The lowest BCUT2D eigenvalue weighted by atomic mass is 9.84.